The summed E-state index contributed by atoms with van der Waals surface area (Å²) in [5, 5.41) is 3.22. The topological polar surface area (TPSA) is 75.9 Å². The number of amides is 1. The standard InChI is InChI=1S/C20H24N4O3S2/c1-4-27-11-7-9-21-17-14(18(25)23-10-6-5-8-16(23)22-17)12-15-19(26)24(13(2)3)20(28)29-15/h5-6,8,10,12-13,21H,4,7,9,11H2,1-3H3. The van der Waals surface area contributed by atoms with Crippen molar-refractivity contribution in [2.45, 2.75) is 33.2 Å². The summed E-state index contributed by atoms with van der Waals surface area (Å²) in [5.74, 6) is 0.266. The highest BCUT2D eigenvalue weighted by atomic mass is 32.2. The molecule has 9 heteroatoms. The molecule has 7 nitrogen and oxygen atoms in total. The van der Waals surface area contributed by atoms with Crippen molar-refractivity contribution < 1.29 is 9.53 Å². The number of anilines is 1. The van der Waals surface area contributed by atoms with E-state index in [2.05, 4.69) is 10.3 Å². The van der Waals surface area contributed by atoms with E-state index in [1.54, 1.807) is 29.3 Å². The van der Waals surface area contributed by atoms with E-state index >= 15 is 0 Å². The molecule has 1 fully saturated rings. The summed E-state index contributed by atoms with van der Waals surface area (Å²) in [7, 11) is 0. The molecule has 0 aliphatic carbocycles. The van der Waals surface area contributed by atoms with Gasteiger partial charge in [-0.2, -0.15) is 0 Å². The maximum atomic E-state index is 13.1. The zero-order chi connectivity index (χ0) is 21.0. The monoisotopic (exact) mass is 432 g/mol. The van der Waals surface area contributed by atoms with Gasteiger partial charge in [-0.05, 0) is 45.4 Å². The lowest BCUT2D eigenvalue weighted by Gasteiger charge is -2.18. The number of rotatable bonds is 8. The van der Waals surface area contributed by atoms with Crippen molar-refractivity contribution in [2.75, 3.05) is 25.1 Å². The number of thioether (sulfide) groups is 1. The average molecular weight is 433 g/mol. The van der Waals surface area contributed by atoms with Crippen molar-refractivity contribution in [3.05, 3.63) is 45.2 Å². The van der Waals surface area contributed by atoms with E-state index < -0.39 is 0 Å². The molecule has 0 aromatic carbocycles. The van der Waals surface area contributed by atoms with Crippen molar-refractivity contribution >= 4 is 51.7 Å². The van der Waals surface area contributed by atoms with E-state index in [4.69, 9.17) is 17.0 Å². The summed E-state index contributed by atoms with van der Waals surface area (Å²) in [4.78, 5) is 32.5. The van der Waals surface area contributed by atoms with Crippen molar-refractivity contribution in [1.82, 2.24) is 14.3 Å². The Morgan fingerprint density at radius 3 is 2.83 bits per heavy atom. The van der Waals surface area contributed by atoms with Crippen LogP contribution in [-0.2, 0) is 9.53 Å². The fourth-order valence-corrected chi connectivity index (χ4v) is 4.45. The van der Waals surface area contributed by atoms with Crippen LogP contribution in [0.1, 0.15) is 32.8 Å². The predicted octanol–water partition coefficient (Wildman–Crippen LogP) is 3.14. The molecule has 3 heterocycles. The highest BCUT2D eigenvalue weighted by Gasteiger charge is 2.34. The first-order valence-electron chi connectivity index (χ1n) is 9.54. The number of carbonyl (C=O) groups excluding carboxylic acids is 1. The lowest BCUT2D eigenvalue weighted by Crippen LogP contribution is -2.34. The van der Waals surface area contributed by atoms with Crippen molar-refractivity contribution in [3.63, 3.8) is 0 Å². The molecule has 1 amide bonds. The summed E-state index contributed by atoms with van der Waals surface area (Å²) >= 11 is 6.55. The Morgan fingerprint density at radius 1 is 1.34 bits per heavy atom. The normalized spacial score (nSPS) is 15.9. The Balaban J connectivity index is 2.00. The second-order valence-corrected chi connectivity index (χ2v) is 8.41. The summed E-state index contributed by atoms with van der Waals surface area (Å²) in [6.45, 7) is 7.65. The molecule has 1 N–H and O–H groups in total. The fourth-order valence-electron chi connectivity index (χ4n) is 2.95. The highest BCUT2D eigenvalue weighted by molar-refractivity contribution is 8.26. The molecule has 1 saturated heterocycles. The molecule has 3 rings (SSSR count). The van der Waals surface area contributed by atoms with Crippen molar-refractivity contribution in [3.8, 4) is 0 Å². The minimum Gasteiger partial charge on any atom is -0.382 e. The van der Waals surface area contributed by atoms with Gasteiger partial charge < -0.3 is 10.1 Å². The number of hydrogen-bond acceptors (Lipinski definition) is 7. The van der Waals surface area contributed by atoms with Gasteiger partial charge in [0, 0.05) is 32.0 Å². The van der Waals surface area contributed by atoms with Crippen molar-refractivity contribution in [1.29, 1.82) is 0 Å². The van der Waals surface area contributed by atoms with Gasteiger partial charge in [0.25, 0.3) is 11.5 Å². The minimum atomic E-state index is -0.238. The molecule has 1 aliphatic rings. The smallest absolute Gasteiger partial charge is 0.267 e. The average Bonchev–Trinajstić information content (AvgIpc) is 2.97. The lowest BCUT2D eigenvalue weighted by molar-refractivity contribution is -0.123. The van der Waals surface area contributed by atoms with Crippen LogP contribution < -0.4 is 10.9 Å². The summed E-state index contributed by atoms with van der Waals surface area (Å²) in [5.41, 5.74) is 0.642. The lowest BCUT2D eigenvalue weighted by atomic mass is 10.2. The summed E-state index contributed by atoms with van der Waals surface area (Å²) in [6, 6.07) is 5.33. The zero-order valence-electron chi connectivity index (χ0n) is 16.7. The van der Waals surface area contributed by atoms with Gasteiger partial charge in [0.15, 0.2) is 0 Å². The van der Waals surface area contributed by atoms with Gasteiger partial charge in [-0.15, -0.1) is 0 Å². The van der Waals surface area contributed by atoms with Crippen LogP contribution in [0.15, 0.2) is 34.1 Å². The number of hydrogen-bond donors (Lipinski definition) is 1. The fraction of sp³-hybridized carbons (Fsp3) is 0.400. The van der Waals surface area contributed by atoms with Crippen LogP contribution in [0.4, 0.5) is 5.82 Å². The molecular formula is C20H24N4O3S2. The third kappa shape index (κ3) is 4.68. The Hall–Kier alpha value is -2.23. The van der Waals surface area contributed by atoms with E-state index in [1.165, 1.54) is 16.2 Å². The highest BCUT2D eigenvalue weighted by Crippen LogP contribution is 2.34. The van der Waals surface area contributed by atoms with Gasteiger partial charge in [-0.1, -0.05) is 30.0 Å². The zero-order valence-corrected chi connectivity index (χ0v) is 18.3. The second kappa shape index (κ2) is 9.51. The van der Waals surface area contributed by atoms with Crippen LogP contribution in [0, 0.1) is 0 Å². The number of thiocarbonyl (C=S) groups is 1. The van der Waals surface area contributed by atoms with Gasteiger partial charge in [0.1, 0.15) is 15.8 Å². The number of nitrogens with zero attached hydrogens (tertiary/aromatic N) is 3. The molecule has 0 atom stereocenters. The van der Waals surface area contributed by atoms with Gasteiger partial charge in [0.05, 0.1) is 10.5 Å². The van der Waals surface area contributed by atoms with Crippen LogP contribution in [0.2, 0.25) is 0 Å². The number of ether oxygens (including phenoxy) is 1. The molecule has 2 aromatic heterocycles. The summed E-state index contributed by atoms with van der Waals surface area (Å²) in [6.07, 6.45) is 4.04. The van der Waals surface area contributed by atoms with Crippen LogP contribution in [0.3, 0.4) is 0 Å². The molecule has 0 saturated carbocycles. The van der Waals surface area contributed by atoms with Gasteiger partial charge in [-0.3, -0.25) is 18.9 Å². The third-order valence-electron chi connectivity index (χ3n) is 4.35. The second-order valence-electron chi connectivity index (χ2n) is 6.73. The number of aromatic nitrogens is 2. The summed E-state index contributed by atoms with van der Waals surface area (Å²) < 4.78 is 7.33. The number of pyridine rings is 1. The maximum Gasteiger partial charge on any atom is 0.267 e. The largest absolute Gasteiger partial charge is 0.382 e. The molecule has 2 aromatic rings. The molecule has 0 spiro atoms. The molecule has 1 aliphatic heterocycles. The Kier molecular flexibility index (Phi) is 7.05. The molecule has 0 radical (unpaired) electrons. The molecule has 0 unspecified atom stereocenters. The van der Waals surface area contributed by atoms with Crippen LogP contribution in [-0.4, -0.2) is 50.3 Å². The van der Waals surface area contributed by atoms with E-state index in [1.807, 2.05) is 26.8 Å². The SMILES string of the molecule is CCOCCCNc1nc2ccccn2c(=O)c1C=C1SC(=S)N(C(C)C)C1=O. The van der Waals surface area contributed by atoms with Crippen molar-refractivity contribution in [2.24, 2.45) is 0 Å². The quantitative estimate of drug-likeness (QED) is 0.390. The van der Waals surface area contributed by atoms with E-state index in [9.17, 15) is 9.59 Å². The van der Waals surface area contributed by atoms with Gasteiger partial charge in [-0.25, -0.2) is 4.98 Å². The third-order valence-corrected chi connectivity index (χ3v) is 5.68. The Labute approximate surface area is 179 Å². The molecule has 154 valence electrons. The van der Waals surface area contributed by atoms with Gasteiger partial charge in [0.2, 0.25) is 0 Å². The number of carbonyl (C=O) groups is 1. The number of fused-ring (bicyclic) bond motifs is 1. The maximum absolute atomic E-state index is 13.1. The van der Waals surface area contributed by atoms with E-state index in [0.717, 1.165) is 6.42 Å². The predicted molar refractivity (Wildman–Crippen MR) is 121 cm³/mol. The molecular weight excluding hydrogens is 408 g/mol. The van der Waals surface area contributed by atoms with Crippen LogP contribution in [0.5, 0.6) is 0 Å². The Bertz CT molecular complexity index is 1020. The minimum absolute atomic E-state index is 0.0413. The Morgan fingerprint density at radius 2 is 2.14 bits per heavy atom. The molecule has 0 bridgehead atoms. The first-order chi connectivity index (χ1) is 13.9. The van der Waals surface area contributed by atoms with Crippen LogP contribution >= 0.6 is 24.0 Å². The van der Waals surface area contributed by atoms with E-state index in [-0.39, 0.29) is 17.5 Å². The number of nitrogens with one attached hydrogen (secondary N) is 1. The van der Waals surface area contributed by atoms with Gasteiger partial charge >= 0.3 is 0 Å². The first kappa shape index (κ1) is 21.5. The van der Waals surface area contributed by atoms with E-state index in [0.29, 0.717) is 46.0 Å². The molecule has 29 heavy (non-hydrogen) atoms. The first-order valence-corrected chi connectivity index (χ1v) is 10.8. The van der Waals surface area contributed by atoms with Crippen LogP contribution in [0.25, 0.3) is 11.7 Å².